The summed E-state index contributed by atoms with van der Waals surface area (Å²) in [5, 5.41) is 3.41. The fourth-order valence-electron chi connectivity index (χ4n) is 1.50. The Hall–Kier alpha value is -0.300. The fourth-order valence-corrected chi connectivity index (χ4v) is 1.50. The van der Waals surface area contributed by atoms with Gasteiger partial charge in [-0.05, 0) is 25.3 Å². The maximum absolute atomic E-state index is 3.41. The molecule has 0 aromatic rings. The average Bonchev–Trinajstić information content (AvgIpc) is 1.86. The minimum Gasteiger partial charge on any atom is -0.310 e. The van der Waals surface area contributed by atoms with Crippen LogP contribution in [0, 0.1) is 5.41 Å². The monoisotopic (exact) mass is 153 g/mol. The summed E-state index contributed by atoms with van der Waals surface area (Å²) in [6.07, 6.45) is 3.58. The van der Waals surface area contributed by atoms with Crippen molar-refractivity contribution >= 4 is 0 Å². The van der Waals surface area contributed by atoms with Crippen molar-refractivity contribution in [2.45, 2.75) is 40.2 Å². The minimum atomic E-state index is 0.371. The maximum atomic E-state index is 3.41. The summed E-state index contributed by atoms with van der Waals surface area (Å²) >= 11 is 0. The molecule has 0 radical (unpaired) electrons. The first-order valence-electron chi connectivity index (χ1n) is 4.45. The lowest BCUT2D eigenvalue weighted by molar-refractivity contribution is 0.447. The van der Waals surface area contributed by atoms with Crippen LogP contribution in [-0.4, -0.2) is 12.6 Å². The summed E-state index contributed by atoms with van der Waals surface area (Å²) in [4.78, 5) is 0. The first kappa shape index (κ1) is 8.79. The molecule has 0 saturated heterocycles. The predicted molar refractivity (Wildman–Crippen MR) is 49.6 cm³/mol. The number of nitrogens with one attached hydrogen (secondary N) is 1. The fraction of sp³-hybridized carbons (Fsp3) is 0.800. The van der Waals surface area contributed by atoms with Gasteiger partial charge in [-0.15, -0.1) is 0 Å². The third-order valence-electron chi connectivity index (χ3n) is 2.28. The molecule has 1 aliphatic rings. The van der Waals surface area contributed by atoms with E-state index in [1.165, 1.54) is 6.42 Å². The molecule has 0 amide bonds. The summed E-state index contributed by atoms with van der Waals surface area (Å²) < 4.78 is 0. The zero-order valence-corrected chi connectivity index (χ0v) is 8.07. The van der Waals surface area contributed by atoms with Crippen molar-refractivity contribution in [1.82, 2.24) is 5.32 Å². The Balaban J connectivity index is 2.71. The van der Waals surface area contributed by atoms with Crippen molar-refractivity contribution in [3.05, 3.63) is 11.6 Å². The lowest BCUT2D eigenvalue weighted by atomic mass is 9.82. The largest absolute Gasteiger partial charge is 0.310 e. The second-order valence-electron chi connectivity index (χ2n) is 4.43. The molecule has 64 valence electrons. The predicted octanol–water partition coefficient (Wildman–Crippen LogP) is 2.34. The second-order valence-corrected chi connectivity index (χ2v) is 4.43. The quantitative estimate of drug-likeness (QED) is 0.527. The van der Waals surface area contributed by atoms with E-state index in [2.05, 4.69) is 39.1 Å². The molecule has 0 aromatic heterocycles. The SMILES string of the molecule is C[C@@H]1C=C(C(C)(C)C)CCN1. The van der Waals surface area contributed by atoms with Crippen LogP contribution >= 0.6 is 0 Å². The maximum Gasteiger partial charge on any atom is 0.0224 e. The number of hydrogen-bond acceptors (Lipinski definition) is 1. The zero-order valence-electron chi connectivity index (χ0n) is 8.07. The van der Waals surface area contributed by atoms with Gasteiger partial charge in [0.1, 0.15) is 0 Å². The molecule has 1 atom stereocenters. The van der Waals surface area contributed by atoms with Crippen LogP contribution in [0.2, 0.25) is 0 Å². The molecule has 0 aliphatic carbocycles. The highest BCUT2D eigenvalue weighted by atomic mass is 14.9. The molecule has 0 fully saturated rings. The van der Waals surface area contributed by atoms with Crippen molar-refractivity contribution in [2.24, 2.45) is 5.41 Å². The van der Waals surface area contributed by atoms with Crippen LogP contribution in [0.5, 0.6) is 0 Å². The van der Waals surface area contributed by atoms with Crippen molar-refractivity contribution in [2.75, 3.05) is 6.54 Å². The van der Waals surface area contributed by atoms with Crippen LogP contribution in [0.15, 0.2) is 11.6 Å². The average molecular weight is 153 g/mol. The van der Waals surface area contributed by atoms with Crippen LogP contribution in [0.1, 0.15) is 34.1 Å². The molecule has 0 unspecified atom stereocenters. The molecule has 0 saturated carbocycles. The first-order valence-corrected chi connectivity index (χ1v) is 4.45. The van der Waals surface area contributed by atoms with Gasteiger partial charge in [-0.2, -0.15) is 0 Å². The summed E-state index contributed by atoms with van der Waals surface area (Å²) in [7, 11) is 0. The Morgan fingerprint density at radius 2 is 2.09 bits per heavy atom. The van der Waals surface area contributed by atoms with Crippen molar-refractivity contribution < 1.29 is 0 Å². The summed E-state index contributed by atoms with van der Waals surface area (Å²) in [6, 6.07) is 0.568. The van der Waals surface area contributed by atoms with E-state index in [-0.39, 0.29) is 0 Å². The lowest BCUT2D eigenvalue weighted by Crippen LogP contribution is -2.32. The van der Waals surface area contributed by atoms with E-state index in [4.69, 9.17) is 0 Å². The highest BCUT2D eigenvalue weighted by Gasteiger charge is 2.19. The summed E-state index contributed by atoms with van der Waals surface area (Å²) in [6.45, 7) is 10.2. The second kappa shape index (κ2) is 2.98. The van der Waals surface area contributed by atoms with Gasteiger partial charge in [0.15, 0.2) is 0 Å². The normalized spacial score (nSPS) is 26.5. The standard InChI is InChI=1S/C10H19N/c1-8-7-9(5-6-11-8)10(2,3)4/h7-8,11H,5-6H2,1-4H3/t8-/m1/s1. The van der Waals surface area contributed by atoms with E-state index in [1.807, 2.05) is 0 Å². The number of rotatable bonds is 0. The molecular formula is C10H19N. The van der Waals surface area contributed by atoms with Crippen LogP contribution < -0.4 is 5.32 Å². The van der Waals surface area contributed by atoms with Gasteiger partial charge in [-0.1, -0.05) is 32.4 Å². The van der Waals surface area contributed by atoms with Crippen LogP contribution in [0.3, 0.4) is 0 Å². The van der Waals surface area contributed by atoms with Gasteiger partial charge in [0.2, 0.25) is 0 Å². The molecule has 1 aliphatic heterocycles. The van der Waals surface area contributed by atoms with Gasteiger partial charge < -0.3 is 5.32 Å². The zero-order chi connectivity index (χ0) is 8.48. The van der Waals surface area contributed by atoms with E-state index in [1.54, 1.807) is 5.57 Å². The number of hydrogen-bond donors (Lipinski definition) is 1. The molecule has 0 bridgehead atoms. The Bertz CT molecular complexity index is 162. The van der Waals surface area contributed by atoms with Gasteiger partial charge >= 0.3 is 0 Å². The highest BCUT2D eigenvalue weighted by Crippen LogP contribution is 2.29. The van der Waals surface area contributed by atoms with Gasteiger partial charge in [-0.3, -0.25) is 0 Å². The third kappa shape index (κ3) is 2.33. The summed E-state index contributed by atoms with van der Waals surface area (Å²) in [5.74, 6) is 0. The molecule has 11 heavy (non-hydrogen) atoms. The lowest BCUT2D eigenvalue weighted by Gasteiger charge is -2.29. The Morgan fingerprint density at radius 3 is 2.45 bits per heavy atom. The van der Waals surface area contributed by atoms with Crippen LogP contribution in [0.25, 0.3) is 0 Å². The molecule has 0 spiro atoms. The van der Waals surface area contributed by atoms with Gasteiger partial charge in [0.25, 0.3) is 0 Å². The Labute approximate surface area is 69.9 Å². The minimum absolute atomic E-state index is 0.371. The smallest absolute Gasteiger partial charge is 0.0224 e. The van der Waals surface area contributed by atoms with Crippen molar-refractivity contribution in [3.63, 3.8) is 0 Å². The van der Waals surface area contributed by atoms with E-state index in [9.17, 15) is 0 Å². The van der Waals surface area contributed by atoms with Gasteiger partial charge in [0, 0.05) is 6.04 Å². The van der Waals surface area contributed by atoms with Crippen molar-refractivity contribution in [3.8, 4) is 0 Å². The highest BCUT2D eigenvalue weighted by molar-refractivity contribution is 5.16. The van der Waals surface area contributed by atoms with Gasteiger partial charge in [0.05, 0.1) is 0 Å². The third-order valence-corrected chi connectivity index (χ3v) is 2.28. The van der Waals surface area contributed by atoms with Crippen molar-refractivity contribution in [1.29, 1.82) is 0 Å². The van der Waals surface area contributed by atoms with Crippen LogP contribution in [0.4, 0.5) is 0 Å². The van der Waals surface area contributed by atoms with E-state index < -0.39 is 0 Å². The Kier molecular flexibility index (Phi) is 2.38. The van der Waals surface area contributed by atoms with Gasteiger partial charge in [-0.25, -0.2) is 0 Å². The molecule has 1 heterocycles. The molecule has 1 heteroatoms. The van der Waals surface area contributed by atoms with E-state index in [0.29, 0.717) is 11.5 Å². The molecule has 1 nitrogen and oxygen atoms in total. The molecule has 1 rings (SSSR count). The molecular weight excluding hydrogens is 134 g/mol. The molecule has 1 N–H and O–H groups in total. The van der Waals surface area contributed by atoms with Crippen LogP contribution in [-0.2, 0) is 0 Å². The van der Waals surface area contributed by atoms with E-state index in [0.717, 1.165) is 6.54 Å². The topological polar surface area (TPSA) is 12.0 Å². The first-order chi connectivity index (χ1) is 5.00. The molecule has 0 aromatic carbocycles. The van der Waals surface area contributed by atoms with E-state index >= 15 is 0 Å². The summed E-state index contributed by atoms with van der Waals surface area (Å²) in [5.41, 5.74) is 1.97. The Morgan fingerprint density at radius 1 is 1.45 bits per heavy atom.